The maximum atomic E-state index is 10.9. The first kappa shape index (κ1) is 10.5. The topological polar surface area (TPSA) is 40.5 Å². The van der Waals surface area contributed by atoms with Crippen LogP contribution >= 0.6 is 0 Å². The minimum absolute atomic E-state index is 0.261. The van der Waals surface area contributed by atoms with Gasteiger partial charge in [0.2, 0.25) is 0 Å². The molecule has 0 aromatic rings. The molecule has 0 amide bonds. The highest BCUT2D eigenvalue weighted by Crippen LogP contribution is 2.18. The van der Waals surface area contributed by atoms with Crippen molar-refractivity contribution in [3.8, 4) is 0 Å². The zero-order valence-corrected chi connectivity index (χ0v) is 8.49. The number of nitrogens with zero attached hydrogens (tertiary/aromatic N) is 1. The van der Waals surface area contributed by atoms with Gasteiger partial charge in [0.25, 0.3) is 0 Å². The first-order valence-corrected chi connectivity index (χ1v) is 5.12. The zero-order valence-electron chi connectivity index (χ0n) is 8.49. The monoisotopic (exact) mass is 185 g/mol. The SMILES string of the molecule is CC[C@@H](C(=O)O)N1CCC[C@H](C)C1. The van der Waals surface area contributed by atoms with Crippen molar-refractivity contribution >= 4 is 5.97 Å². The quantitative estimate of drug-likeness (QED) is 0.725. The molecule has 1 N–H and O–H groups in total. The van der Waals surface area contributed by atoms with Gasteiger partial charge < -0.3 is 5.11 Å². The van der Waals surface area contributed by atoms with Gasteiger partial charge >= 0.3 is 5.97 Å². The summed E-state index contributed by atoms with van der Waals surface area (Å²) in [5, 5.41) is 8.97. The van der Waals surface area contributed by atoms with E-state index in [-0.39, 0.29) is 6.04 Å². The highest BCUT2D eigenvalue weighted by Gasteiger charge is 2.27. The van der Waals surface area contributed by atoms with E-state index in [1.54, 1.807) is 0 Å². The predicted molar refractivity (Wildman–Crippen MR) is 51.7 cm³/mol. The highest BCUT2D eigenvalue weighted by atomic mass is 16.4. The fourth-order valence-electron chi connectivity index (χ4n) is 2.10. The van der Waals surface area contributed by atoms with E-state index in [1.165, 1.54) is 6.42 Å². The highest BCUT2D eigenvalue weighted by molar-refractivity contribution is 5.73. The van der Waals surface area contributed by atoms with Gasteiger partial charge in [-0.1, -0.05) is 13.8 Å². The lowest BCUT2D eigenvalue weighted by atomic mass is 9.98. The van der Waals surface area contributed by atoms with Crippen molar-refractivity contribution in [2.45, 2.75) is 39.2 Å². The largest absolute Gasteiger partial charge is 0.480 e. The number of carboxylic acid groups (broad SMARTS) is 1. The van der Waals surface area contributed by atoms with E-state index in [0.717, 1.165) is 19.5 Å². The van der Waals surface area contributed by atoms with Crippen LogP contribution in [0.2, 0.25) is 0 Å². The van der Waals surface area contributed by atoms with Crippen LogP contribution < -0.4 is 0 Å². The summed E-state index contributed by atoms with van der Waals surface area (Å²) >= 11 is 0. The van der Waals surface area contributed by atoms with E-state index < -0.39 is 5.97 Å². The Hall–Kier alpha value is -0.570. The lowest BCUT2D eigenvalue weighted by Gasteiger charge is -2.34. The van der Waals surface area contributed by atoms with Crippen molar-refractivity contribution < 1.29 is 9.90 Å². The molecule has 0 unspecified atom stereocenters. The van der Waals surface area contributed by atoms with Crippen molar-refractivity contribution in [1.82, 2.24) is 4.90 Å². The van der Waals surface area contributed by atoms with Gasteiger partial charge in [-0.25, -0.2) is 0 Å². The number of likely N-dealkylation sites (tertiary alicyclic amines) is 1. The van der Waals surface area contributed by atoms with E-state index in [9.17, 15) is 4.79 Å². The third-order valence-electron chi connectivity index (χ3n) is 2.80. The van der Waals surface area contributed by atoms with Gasteiger partial charge in [0, 0.05) is 6.54 Å². The fourth-order valence-corrected chi connectivity index (χ4v) is 2.10. The summed E-state index contributed by atoms with van der Waals surface area (Å²) < 4.78 is 0. The van der Waals surface area contributed by atoms with Gasteiger partial charge in [0.05, 0.1) is 0 Å². The number of hydrogen-bond donors (Lipinski definition) is 1. The lowest BCUT2D eigenvalue weighted by molar-refractivity contribution is -0.144. The smallest absolute Gasteiger partial charge is 0.320 e. The predicted octanol–water partition coefficient (Wildman–Crippen LogP) is 1.58. The summed E-state index contributed by atoms with van der Waals surface area (Å²) in [6.07, 6.45) is 3.10. The molecule has 0 saturated carbocycles. The van der Waals surface area contributed by atoms with Crippen molar-refractivity contribution in [1.29, 1.82) is 0 Å². The van der Waals surface area contributed by atoms with Crippen LogP contribution in [-0.2, 0) is 4.79 Å². The Balaban J connectivity index is 2.52. The Morgan fingerprint density at radius 1 is 1.69 bits per heavy atom. The number of carboxylic acids is 1. The van der Waals surface area contributed by atoms with Gasteiger partial charge in [-0.05, 0) is 31.7 Å². The first-order chi connectivity index (χ1) is 6.15. The molecule has 2 atom stereocenters. The molecule has 0 radical (unpaired) electrons. The van der Waals surface area contributed by atoms with Gasteiger partial charge in [-0.3, -0.25) is 9.69 Å². The molecule has 1 rings (SSSR count). The molecule has 0 aromatic carbocycles. The van der Waals surface area contributed by atoms with Crippen LogP contribution in [0.1, 0.15) is 33.1 Å². The molecule has 0 spiro atoms. The average molecular weight is 185 g/mol. The number of piperidine rings is 1. The summed E-state index contributed by atoms with van der Waals surface area (Å²) in [7, 11) is 0. The maximum Gasteiger partial charge on any atom is 0.320 e. The normalized spacial score (nSPS) is 27.1. The average Bonchev–Trinajstić information content (AvgIpc) is 2.04. The third kappa shape index (κ3) is 2.69. The molecule has 0 aromatic heterocycles. The van der Waals surface area contributed by atoms with Gasteiger partial charge in [0.1, 0.15) is 6.04 Å². The van der Waals surface area contributed by atoms with Crippen LogP contribution in [0.15, 0.2) is 0 Å². The van der Waals surface area contributed by atoms with E-state index in [0.29, 0.717) is 12.3 Å². The second-order valence-electron chi connectivity index (χ2n) is 4.00. The Bertz CT molecular complexity index is 182. The number of carbonyl (C=O) groups is 1. The molecule has 1 saturated heterocycles. The van der Waals surface area contributed by atoms with Crippen LogP contribution in [0.5, 0.6) is 0 Å². The fraction of sp³-hybridized carbons (Fsp3) is 0.900. The van der Waals surface area contributed by atoms with Crippen molar-refractivity contribution in [2.75, 3.05) is 13.1 Å². The minimum atomic E-state index is -0.670. The number of aliphatic carboxylic acids is 1. The van der Waals surface area contributed by atoms with E-state index in [4.69, 9.17) is 5.11 Å². The summed E-state index contributed by atoms with van der Waals surface area (Å²) in [4.78, 5) is 13.0. The van der Waals surface area contributed by atoms with Crippen LogP contribution in [0.4, 0.5) is 0 Å². The molecule has 3 heteroatoms. The molecule has 0 bridgehead atoms. The summed E-state index contributed by atoms with van der Waals surface area (Å²) in [6, 6.07) is -0.261. The molecule has 1 heterocycles. The molecular formula is C10H19NO2. The summed E-state index contributed by atoms with van der Waals surface area (Å²) in [6.45, 7) is 6.04. The molecule has 0 aliphatic carbocycles. The van der Waals surface area contributed by atoms with Crippen molar-refractivity contribution in [3.63, 3.8) is 0 Å². The number of hydrogen-bond acceptors (Lipinski definition) is 2. The van der Waals surface area contributed by atoms with Crippen molar-refractivity contribution in [3.05, 3.63) is 0 Å². The molecule has 1 fully saturated rings. The zero-order chi connectivity index (χ0) is 9.84. The van der Waals surface area contributed by atoms with Crippen LogP contribution in [0.3, 0.4) is 0 Å². The molecule has 1 aliphatic heterocycles. The van der Waals surface area contributed by atoms with E-state index >= 15 is 0 Å². The van der Waals surface area contributed by atoms with Crippen LogP contribution in [0, 0.1) is 5.92 Å². The van der Waals surface area contributed by atoms with E-state index in [2.05, 4.69) is 11.8 Å². The first-order valence-electron chi connectivity index (χ1n) is 5.12. The Kier molecular flexibility index (Phi) is 3.72. The summed E-state index contributed by atoms with van der Waals surface area (Å²) in [5.74, 6) is -0.0150. The second kappa shape index (κ2) is 4.61. The van der Waals surface area contributed by atoms with Gasteiger partial charge in [0.15, 0.2) is 0 Å². The number of rotatable bonds is 3. The lowest BCUT2D eigenvalue weighted by Crippen LogP contribution is -2.45. The second-order valence-corrected chi connectivity index (χ2v) is 4.00. The van der Waals surface area contributed by atoms with E-state index in [1.807, 2.05) is 6.92 Å². The third-order valence-corrected chi connectivity index (χ3v) is 2.80. The Morgan fingerprint density at radius 2 is 2.38 bits per heavy atom. The van der Waals surface area contributed by atoms with Crippen LogP contribution in [-0.4, -0.2) is 35.1 Å². The van der Waals surface area contributed by atoms with Gasteiger partial charge in [-0.15, -0.1) is 0 Å². The van der Waals surface area contributed by atoms with Gasteiger partial charge in [-0.2, -0.15) is 0 Å². The Labute approximate surface area is 79.7 Å². The Morgan fingerprint density at radius 3 is 2.85 bits per heavy atom. The molecular weight excluding hydrogens is 166 g/mol. The molecule has 3 nitrogen and oxygen atoms in total. The molecule has 76 valence electrons. The molecule has 13 heavy (non-hydrogen) atoms. The minimum Gasteiger partial charge on any atom is -0.480 e. The standard InChI is InChI=1S/C10H19NO2/c1-3-9(10(12)13)11-6-4-5-8(2)7-11/h8-9H,3-7H2,1-2H3,(H,12,13)/t8-,9-/m0/s1. The maximum absolute atomic E-state index is 10.9. The van der Waals surface area contributed by atoms with Crippen molar-refractivity contribution in [2.24, 2.45) is 5.92 Å². The molecule has 1 aliphatic rings. The summed E-state index contributed by atoms with van der Waals surface area (Å²) in [5.41, 5.74) is 0. The van der Waals surface area contributed by atoms with Crippen LogP contribution in [0.25, 0.3) is 0 Å².